The Morgan fingerprint density at radius 3 is 0.860 bits per heavy atom. The third kappa shape index (κ3) is 6.69. The van der Waals surface area contributed by atoms with Gasteiger partial charge in [-0.2, -0.15) is 0 Å². The summed E-state index contributed by atoms with van der Waals surface area (Å²) in [5, 5.41) is 0. The van der Waals surface area contributed by atoms with E-state index in [0.717, 1.165) is 34.1 Å². The minimum absolute atomic E-state index is 1.14. The smallest absolute Gasteiger partial charge is 0.0464 e. The van der Waals surface area contributed by atoms with Crippen molar-refractivity contribution in [1.29, 1.82) is 0 Å². The lowest BCUT2D eigenvalue weighted by Gasteiger charge is -2.26. The van der Waals surface area contributed by atoms with Gasteiger partial charge in [-0.1, -0.05) is 60.3 Å². The Hall–Kier alpha value is -4.73. The van der Waals surface area contributed by atoms with Crippen molar-refractivity contribution in [1.82, 2.24) is 0 Å². The highest BCUT2D eigenvalue weighted by Crippen LogP contribution is 2.39. The Labute approximate surface area is 260 Å². The Kier molecular flexibility index (Phi) is 8.35. The molecule has 0 spiro atoms. The van der Waals surface area contributed by atoms with Gasteiger partial charge in [0.15, 0.2) is 0 Å². The van der Waals surface area contributed by atoms with Crippen LogP contribution in [0.1, 0.15) is 22.3 Å². The summed E-state index contributed by atoms with van der Waals surface area (Å²) in [6, 6.07) is 52.5. The average Bonchev–Trinajstić information content (AvgIpc) is 3.00. The number of hydrogen-bond acceptors (Lipinski definition) is 3. The van der Waals surface area contributed by atoms with Crippen LogP contribution in [0.5, 0.6) is 0 Å². The van der Waals surface area contributed by atoms with Crippen molar-refractivity contribution in [2.24, 2.45) is 0 Å². The highest BCUT2D eigenvalue weighted by Gasteiger charge is 2.15. The SMILES string of the molecule is Cc1cccc(N(c2ccc(Sc3ccc(N(c4cccc(C)c4)c4cccc(C)c4)cc3)cc2)c2cccc(C)c2)c1. The highest BCUT2D eigenvalue weighted by molar-refractivity contribution is 7.99. The molecule has 0 amide bonds. The fourth-order valence-electron chi connectivity index (χ4n) is 5.43. The molecule has 6 aromatic rings. The summed E-state index contributed by atoms with van der Waals surface area (Å²) in [6.45, 7) is 8.57. The molecule has 0 atom stereocenters. The van der Waals surface area contributed by atoms with Gasteiger partial charge < -0.3 is 9.80 Å². The molecule has 0 fully saturated rings. The monoisotopic (exact) mass is 576 g/mol. The second-order valence-corrected chi connectivity index (χ2v) is 12.3. The highest BCUT2D eigenvalue weighted by atomic mass is 32.2. The molecule has 0 bridgehead atoms. The predicted molar refractivity (Wildman–Crippen MR) is 185 cm³/mol. The molecule has 0 saturated heterocycles. The lowest BCUT2D eigenvalue weighted by atomic mass is 10.1. The van der Waals surface area contributed by atoms with Gasteiger partial charge in [-0.15, -0.1) is 0 Å². The van der Waals surface area contributed by atoms with Crippen LogP contribution in [0.3, 0.4) is 0 Å². The number of aryl methyl sites for hydroxylation is 4. The van der Waals surface area contributed by atoms with E-state index >= 15 is 0 Å². The van der Waals surface area contributed by atoms with E-state index in [0.29, 0.717) is 0 Å². The topological polar surface area (TPSA) is 6.48 Å². The minimum atomic E-state index is 1.14. The first-order valence-electron chi connectivity index (χ1n) is 14.7. The first-order chi connectivity index (χ1) is 20.9. The fourth-order valence-corrected chi connectivity index (χ4v) is 6.24. The molecule has 0 saturated carbocycles. The zero-order chi connectivity index (χ0) is 29.8. The van der Waals surface area contributed by atoms with E-state index in [2.05, 4.69) is 183 Å². The number of benzene rings is 6. The average molecular weight is 577 g/mol. The first-order valence-corrected chi connectivity index (χ1v) is 15.5. The summed E-state index contributed by atoms with van der Waals surface area (Å²) in [7, 11) is 0. The van der Waals surface area contributed by atoms with Gasteiger partial charge in [-0.3, -0.25) is 0 Å². The molecule has 43 heavy (non-hydrogen) atoms. The van der Waals surface area contributed by atoms with Gasteiger partial charge >= 0.3 is 0 Å². The van der Waals surface area contributed by atoms with E-state index in [1.807, 2.05) is 0 Å². The van der Waals surface area contributed by atoms with Crippen molar-refractivity contribution in [2.45, 2.75) is 37.5 Å². The molecular formula is C40H36N2S. The summed E-state index contributed by atoms with van der Waals surface area (Å²) in [4.78, 5) is 7.07. The molecule has 212 valence electrons. The lowest BCUT2D eigenvalue weighted by Crippen LogP contribution is -2.10. The van der Waals surface area contributed by atoms with Crippen LogP contribution in [0, 0.1) is 27.7 Å². The molecule has 0 aromatic heterocycles. The van der Waals surface area contributed by atoms with E-state index in [1.54, 1.807) is 11.8 Å². The normalized spacial score (nSPS) is 10.9. The first kappa shape index (κ1) is 28.4. The van der Waals surface area contributed by atoms with Crippen LogP contribution in [0.15, 0.2) is 155 Å². The quantitative estimate of drug-likeness (QED) is 0.178. The Bertz CT molecular complexity index is 1610. The fraction of sp³-hybridized carbons (Fsp3) is 0.100. The van der Waals surface area contributed by atoms with Crippen molar-refractivity contribution in [3.8, 4) is 0 Å². The summed E-state index contributed by atoms with van der Waals surface area (Å²) >= 11 is 1.78. The van der Waals surface area contributed by atoms with Crippen LogP contribution in [-0.2, 0) is 0 Å². The molecule has 0 radical (unpaired) electrons. The molecule has 0 heterocycles. The van der Waals surface area contributed by atoms with Gasteiger partial charge in [0.2, 0.25) is 0 Å². The van der Waals surface area contributed by atoms with Crippen molar-refractivity contribution < 1.29 is 0 Å². The predicted octanol–water partition coefficient (Wildman–Crippen LogP) is 12.0. The van der Waals surface area contributed by atoms with Gasteiger partial charge in [0, 0.05) is 43.9 Å². The van der Waals surface area contributed by atoms with Crippen LogP contribution >= 0.6 is 11.8 Å². The molecule has 6 rings (SSSR count). The van der Waals surface area contributed by atoms with E-state index in [9.17, 15) is 0 Å². The van der Waals surface area contributed by atoms with Crippen LogP contribution < -0.4 is 9.80 Å². The summed E-state index contributed by atoms with van der Waals surface area (Å²) < 4.78 is 0. The Morgan fingerprint density at radius 1 is 0.326 bits per heavy atom. The van der Waals surface area contributed by atoms with Crippen LogP contribution in [0.2, 0.25) is 0 Å². The van der Waals surface area contributed by atoms with Crippen molar-refractivity contribution >= 4 is 45.9 Å². The van der Waals surface area contributed by atoms with Crippen LogP contribution in [0.25, 0.3) is 0 Å². The van der Waals surface area contributed by atoms with Crippen molar-refractivity contribution in [2.75, 3.05) is 9.80 Å². The van der Waals surface area contributed by atoms with Crippen molar-refractivity contribution in [3.05, 3.63) is 168 Å². The van der Waals surface area contributed by atoms with E-state index in [-0.39, 0.29) is 0 Å². The second kappa shape index (κ2) is 12.6. The summed E-state index contributed by atoms with van der Waals surface area (Å²) in [5.74, 6) is 0. The molecular weight excluding hydrogens is 541 g/mol. The molecule has 0 aliphatic heterocycles. The van der Waals surface area contributed by atoms with Gasteiger partial charge in [-0.25, -0.2) is 0 Å². The maximum atomic E-state index is 2.33. The standard InChI is InChI=1S/C40H36N2S/c1-29-9-5-13-35(25-29)41(36-14-6-10-30(2)26-36)33-17-21-39(22-18-33)43-40-23-19-34(20-24-40)42(37-15-7-11-31(3)27-37)38-16-8-12-32(4)28-38/h5-28H,1-4H3. The zero-order valence-corrected chi connectivity index (χ0v) is 26.0. The lowest BCUT2D eigenvalue weighted by molar-refractivity contribution is 1.24. The molecule has 0 aliphatic carbocycles. The largest absolute Gasteiger partial charge is 0.310 e. The van der Waals surface area contributed by atoms with E-state index in [1.165, 1.54) is 32.0 Å². The number of rotatable bonds is 8. The van der Waals surface area contributed by atoms with Gasteiger partial charge in [0.25, 0.3) is 0 Å². The van der Waals surface area contributed by atoms with E-state index < -0.39 is 0 Å². The molecule has 2 nitrogen and oxygen atoms in total. The summed E-state index contributed by atoms with van der Waals surface area (Å²) in [5.41, 5.74) is 11.9. The molecule has 0 aliphatic rings. The maximum absolute atomic E-state index is 2.33. The maximum Gasteiger partial charge on any atom is 0.0464 e. The van der Waals surface area contributed by atoms with Crippen LogP contribution in [0.4, 0.5) is 34.1 Å². The molecule has 6 aromatic carbocycles. The van der Waals surface area contributed by atoms with Gasteiger partial charge in [-0.05, 0) is 147 Å². The zero-order valence-electron chi connectivity index (χ0n) is 25.2. The third-order valence-electron chi connectivity index (χ3n) is 7.46. The Balaban J connectivity index is 1.26. The van der Waals surface area contributed by atoms with Gasteiger partial charge in [0.05, 0.1) is 0 Å². The van der Waals surface area contributed by atoms with E-state index in [4.69, 9.17) is 0 Å². The third-order valence-corrected chi connectivity index (χ3v) is 8.48. The second-order valence-electron chi connectivity index (χ2n) is 11.1. The molecule has 0 N–H and O–H groups in total. The number of nitrogens with zero attached hydrogens (tertiary/aromatic N) is 2. The Morgan fingerprint density at radius 2 is 0.605 bits per heavy atom. The molecule has 0 unspecified atom stereocenters. The van der Waals surface area contributed by atoms with Crippen LogP contribution in [-0.4, -0.2) is 0 Å². The molecule has 3 heteroatoms. The summed E-state index contributed by atoms with van der Waals surface area (Å²) in [6.07, 6.45) is 0. The van der Waals surface area contributed by atoms with Crippen molar-refractivity contribution in [3.63, 3.8) is 0 Å². The number of hydrogen-bond donors (Lipinski definition) is 0. The number of anilines is 6. The minimum Gasteiger partial charge on any atom is -0.310 e. The van der Waals surface area contributed by atoms with Gasteiger partial charge in [0.1, 0.15) is 0 Å².